The van der Waals surface area contributed by atoms with Gasteiger partial charge in [-0.25, -0.2) is 0 Å². The van der Waals surface area contributed by atoms with Gasteiger partial charge in [0.25, 0.3) is 0 Å². The van der Waals surface area contributed by atoms with Crippen molar-refractivity contribution in [2.24, 2.45) is 0 Å². The van der Waals surface area contributed by atoms with E-state index in [9.17, 15) is 4.79 Å². The van der Waals surface area contributed by atoms with E-state index in [1.54, 1.807) is 13.1 Å². The van der Waals surface area contributed by atoms with Gasteiger partial charge in [0.15, 0.2) is 0 Å². The van der Waals surface area contributed by atoms with Crippen LogP contribution in [0.15, 0.2) is 12.3 Å². The van der Waals surface area contributed by atoms with E-state index in [0.29, 0.717) is 6.42 Å². The lowest BCUT2D eigenvalue weighted by atomic mass is 10.2. The Kier molecular flexibility index (Phi) is 2.28. The van der Waals surface area contributed by atoms with E-state index in [2.05, 4.69) is 15.1 Å². The summed E-state index contributed by atoms with van der Waals surface area (Å²) in [6.07, 6.45) is 3.20. The highest BCUT2D eigenvalue weighted by Gasteiger charge is 2.14. The normalized spacial score (nSPS) is 22.3. The summed E-state index contributed by atoms with van der Waals surface area (Å²) in [5.41, 5.74) is 0. The third-order valence-electron chi connectivity index (χ3n) is 1.19. The van der Waals surface area contributed by atoms with Crippen LogP contribution < -0.4 is 5.32 Å². The van der Waals surface area contributed by atoms with E-state index >= 15 is 0 Å². The van der Waals surface area contributed by atoms with Gasteiger partial charge in [0.2, 0.25) is 5.91 Å². The molecule has 1 amide bonds. The van der Waals surface area contributed by atoms with E-state index in [4.69, 9.17) is 0 Å². The molecule has 0 bridgehead atoms. The van der Waals surface area contributed by atoms with Crippen LogP contribution in [0.4, 0.5) is 0 Å². The van der Waals surface area contributed by atoms with Crippen LogP contribution in [0, 0.1) is 0 Å². The van der Waals surface area contributed by atoms with Crippen molar-refractivity contribution in [3.05, 3.63) is 12.3 Å². The second-order valence-electron chi connectivity index (χ2n) is 1.94. The van der Waals surface area contributed by atoms with E-state index in [-0.39, 0.29) is 12.0 Å². The minimum atomic E-state index is -0.222. The molecule has 4 nitrogen and oxygen atoms in total. The van der Waals surface area contributed by atoms with Gasteiger partial charge in [0.05, 0.1) is 6.42 Å². The van der Waals surface area contributed by atoms with Crippen LogP contribution in [0.2, 0.25) is 0 Å². The van der Waals surface area contributed by atoms with Gasteiger partial charge in [0.1, 0.15) is 12.4 Å². The molecule has 1 atom stereocenters. The minimum absolute atomic E-state index is 0.0554. The number of hydrogen-bond donors (Lipinski definition) is 1. The lowest BCUT2D eigenvalue weighted by Gasteiger charge is -2.02. The quantitative estimate of drug-likeness (QED) is 0.552. The molecule has 0 aromatic rings. The first kappa shape index (κ1) is 7.08. The molecule has 1 N–H and O–H groups in total. The van der Waals surface area contributed by atoms with Crippen molar-refractivity contribution in [3.8, 4) is 0 Å². The van der Waals surface area contributed by atoms with Gasteiger partial charge < -0.3 is 10.2 Å². The zero-order valence-electron chi connectivity index (χ0n) is 5.66. The number of carbonyl (C=O) groups excluding carboxylic acids is 1. The Morgan fingerprint density at radius 1 is 1.80 bits per heavy atom. The average Bonchev–Trinajstić information content (AvgIpc) is 2.40. The van der Waals surface area contributed by atoms with E-state index in [0.717, 1.165) is 0 Å². The highest BCUT2D eigenvalue weighted by molar-refractivity contribution is 5.76. The first-order valence-corrected chi connectivity index (χ1v) is 3.02. The summed E-state index contributed by atoms with van der Waals surface area (Å²) in [5.74, 6) is -0.0554. The topological polar surface area (TPSA) is 47.6 Å². The van der Waals surface area contributed by atoms with Gasteiger partial charge in [-0.15, -0.1) is 0 Å². The van der Waals surface area contributed by atoms with Crippen LogP contribution in [-0.4, -0.2) is 19.1 Å². The van der Waals surface area contributed by atoms with Gasteiger partial charge in [-0.05, 0) is 6.08 Å². The molecule has 0 fully saturated rings. The highest BCUT2D eigenvalue weighted by atomic mass is 17.2. The van der Waals surface area contributed by atoms with Gasteiger partial charge >= 0.3 is 0 Å². The summed E-state index contributed by atoms with van der Waals surface area (Å²) in [4.78, 5) is 19.8. The summed E-state index contributed by atoms with van der Waals surface area (Å²) < 4.78 is 0. The van der Waals surface area contributed by atoms with Crippen molar-refractivity contribution in [3.63, 3.8) is 0 Å². The lowest BCUT2D eigenvalue weighted by molar-refractivity contribution is -0.252. The average molecular weight is 143 g/mol. The first-order chi connectivity index (χ1) is 4.83. The Hall–Kier alpha value is -1.03. The third kappa shape index (κ3) is 1.73. The summed E-state index contributed by atoms with van der Waals surface area (Å²) in [7, 11) is 1.59. The van der Waals surface area contributed by atoms with Gasteiger partial charge in [-0.1, -0.05) is 0 Å². The molecular weight excluding hydrogens is 134 g/mol. The van der Waals surface area contributed by atoms with Crippen molar-refractivity contribution in [2.45, 2.75) is 12.5 Å². The van der Waals surface area contributed by atoms with Gasteiger partial charge in [0, 0.05) is 7.05 Å². The summed E-state index contributed by atoms with van der Waals surface area (Å²) in [6.45, 7) is 0. The molecule has 1 rings (SSSR count). The van der Waals surface area contributed by atoms with Crippen LogP contribution in [0.5, 0.6) is 0 Å². The molecule has 56 valence electrons. The van der Waals surface area contributed by atoms with Gasteiger partial charge in [-0.2, -0.15) is 4.89 Å². The molecule has 0 saturated carbocycles. The van der Waals surface area contributed by atoms with Crippen molar-refractivity contribution >= 4 is 5.91 Å². The number of hydrogen-bond acceptors (Lipinski definition) is 3. The maximum absolute atomic E-state index is 10.7. The second-order valence-corrected chi connectivity index (χ2v) is 1.94. The Bertz CT molecular complexity index is 155. The second kappa shape index (κ2) is 3.22. The Morgan fingerprint density at radius 2 is 2.60 bits per heavy atom. The van der Waals surface area contributed by atoms with Crippen LogP contribution in [-0.2, 0) is 14.6 Å². The Balaban J connectivity index is 2.24. The van der Waals surface area contributed by atoms with E-state index < -0.39 is 0 Å². The minimum Gasteiger partial charge on any atom is -0.359 e. The van der Waals surface area contributed by atoms with Crippen LogP contribution in [0.25, 0.3) is 0 Å². The van der Waals surface area contributed by atoms with Crippen LogP contribution in [0.3, 0.4) is 0 Å². The zero-order valence-corrected chi connectivity index (χ0v) is 5.66. The summed E-state index contributed by atoms with van der Waals surface area (Å²) in [6, 6.07) is 0. The molecule has 0 radical (unpaired) electrons. The molecule has 1 aliphatic heterocycles. The SMILES string of the molecule is CNC(=O)CC1C=COO1. The zero-order chi connectivity index (χ0) is 7.40. The molecule has 0 aromatic carbocycles. The first-order valence-electron chi connectivity index (χ1n) is 3.02. The number of rotatable bonds is 2. The van der Waals surface area contributed by atoms with Crippen molar-refractivity contribution in [2.75, 3.05) is 7.05 Å². The molecule has 1 heterocycles. The van der Waals surface area contributed by atoms with Crippen molar-refractivity contribution in [1.29, 1.82) is 0 Å². The van der Waals surface area contributed by atoms with Gasteiger partial charge in [-0.3, -0.25) is 4.79 Å². The standard InChI is InChI=1S/C6H9NO3/c1-7-6(8)4-5-2-3-9-10-5/h2-3,5H,4H2,1H3,(H,7,8). The van der Waals surface area contributed by atoms with Crippen molar-refractivity contribution in [1.82, 2.24) is 5.32 Å². The smallest absolute Gasteiger partial charge is 0.222 e. The highest BCUT2D eigenvalue weighted by Crippen LogP contribution is 2.07. The molecule has 1 aliphatic rings. The predicted molar refractivity (Wildman–Crippen MR) is 33.8 cm³/mol. The molecule has 1 unspecified atom stereocenters. The Morgan fingerprint density at radius 3 is 3.10 bits per heavy atom. The molecule has 0 aliphatic carbocycles. The lowest BCUT2D eigenvalue weighted by Crippen LogP contribution is -2.22. The fraction of sp³-hybridized carbons (Fsp3) is 0.500. The molecular formula is C6H9NO3. The summed E-state index contributed by atoms with van der Waals surface area (Å²) >= 11 is 0. The molecule has 0 aromatic heterocycles. The number of carbonyl (C=O) groups is 1. The largest absolute Gasteiger partial charge is 0.359 e. The third-order valence-corrected chi connectivity index (χ3v) is 1.19. The number of nitrogens with one attached hydrogen (secondary N) is 1. The Labute approximate surface area is 58.7 Å². The summed E-state index contributed by atoms with van der Waals surface area (Å²) in [5, 5.41) is 2.48. The number of amides is 1. The van der Waals surface area contributed by atoms with Crippen LogP contribution >= 0.6 is 0 Å². The fourth-order valence-corrected chi connectivity index (χ4v) is 0.642. The maximum atomic E-state index is 10.7. The predicted octanol–water partition coefficient (Wildman–Crippen LogP) is -0.0334. The van der Waals surface area contributed by atoms with E-state index in [1.807, 2.05) is 0 Å². The molecule has 4 heteroatoms. The molecule has 10 heavy (non-hydrogen) atoms. The molecule has 0 saturated heterocycles. The monoisotopic (exact) mass is 143 g/mol. The maximum Gasteiger partial charge on any atom is 0.222 e. The van der Waals surface area contributed by atoms with Crippen LogP contribution in [0.1, 0.15) is 6.42 Å². The fourth-order valence-electron chi connectivity index (χ4n) is 0.642. The van der Waals surface area contributed by atoms with Crippen molar-refractivity contribution < 1.29 is 14.6 Å². The molecule has 0 spiro atoms. The van der Waals surface area contributed by atoms with E-state index in [1.165, 1.54) is 6.26 Å².